The van der Waals surface area contributed by atoms with Crippen LogP contribution >= 0.6 is 0 Å². The average molecular weight is 308 g/mol. The van der Waals surface area contributed by atoms with Crippen molar-refractivity contribution in [1.29, 1.82) is 0 Å². The van der Waals surface area contributed by atoms with E-state index in [2.05, 4.69) is 0 Å². The third-order valence-corrected chi connectivity index (χ3v) is 9.48. The molecule has 2 heterocycles. The molecule has 2 N–H and O–H groups in total. The van der Waals surface area contributed by atoms with Gasteiger partial charge in [0.25, 0.3) is 0 Å². The van der Waals surface area contributed by atoms with Crippen molar-refractivity contribution in [3.05, 3.63) is 0 Å². The number of fused-ring (bicyclic) bond motifs is 1. The molecule has 0 aromatic rings. The van der Waals surface area contributed by atoms with Gasteiger partial charge in [-0.25, -0.2) is 16.8 Å². The molecule has 19 heavy (non-hydrogen) atoms. The van der Waals surface area contributed by atoms with Gasteiger partial charge in [0.05, 0.1) is 16.3 Å². The Morgan fingerprint density at radius 1 is 1.32 bits per heavy atom. The van der Waals surface area contributed by atoms with Crippen molar-refractivity contribution in [3.8, 4) is 0 Å². The normalized spacial score (nSPS) is 39.1. The van der Waals surface area contributed by atoms with Crippen LogP contribution in [0.3, 0.4) is 0 Å². The van der Waals surface area contributed by atoms with E-state index < -0.39 is 30.5 Å². The zero-order chi connectivity index (χ0) is 13.9. The van der Waals surface area contributed by atoms with Gasteiger partial charge in [-0.05, 0) is 25.7 Å². The van der Waals surface area contributed by atoms with Crippen LogP contribution in [0.5, 0.6) is 0 Å². The Kier molecular flexibility index (Phi) is 3.02. The summed E-state index contributed by atoms with van der Waals surface area (Å²) in [5, 5.41) is -0.891. The zero-order valence-electron chi connectivity index (χ0n) is 10.8. The quantitative estimate of drug-likeness (QED) is 0.745. The van der Waals surface area contributed by atoms with E-state index in [0.717, 1.165) is 0 Å². The highest BCUT2D eigenvalue weighted by Crippen LogP contribution is 2.45. The smallest absolute Gasteiger partial charge is 0.217 e. The van der Waals surface area contributed by atoms with E-state index in [-0.39, 0.29) is 30.6 Å². The summed E-state index contributed by atoms with van der Waals surface area (Å²) < 4.78 is 50.4. The predicted octanol–water partition coefficient (Wildman–Crippen LogP) is -0.683. The van der Waals surface area contributed by atoms with Crippen LogP contribution in [-0.2, 0) is 19.9 Å². The van der Waals surface area contributed by atoms with Gasteiger partial charge in [-0.3, -0.25) is 0 Å². The first kappa shape index (κ1) is 13.8. The van der Waals surface area contributed by atoms with Crippen LogP contribution in [0, 0.1) is 5.41 Å². The number of sulfone groups is 1. The van der Waals surface area contributed by atoms with E-state index in [9.17, 15) is 16.8 Å². The van der Waals surface area contributed by atoms with E-state index in [1.807, 2.05) is 0 Å². The standard InChI is InChI=1S/C11H20N2O4S2/c12-7-11-4-1-5-18(14,15)10(11)6-13(8-11)19(16,17)9-2-3-9/h9-10H,1-8,12H2. The third kappa shape index (κ3) is 2.03. The molecule has 2 atom stereocenters. The fraction of sp³-hybridized carbons (Fsp3) is 1.00. The predicted molar refractivity (Wildman–Crippen MR) is 71.8 cm³/mol. The lowest BCUT2D eigenvalue weighted by Gasteiger charge is -2.36. The Labute approximate surface area is 114 Å². The zero-order valence-corrected chi connectivity index (χ0v) is 12.4. The van der Waals surface area contributed by atoms with Gasteiger partial charge in [0.1, 0.15) is 0 Å². The van der Waals surface area contributed by atoms with Gasteiger partial charge in [0.15, 0.2) is 9.84 Å². The van der Waals surface area contributed by atoms with Crippen molar-refractivity contribution in [2.24, 2.45) is 11.1 Å². The molecule has 3 fully saturated rings. The first-order valence-electron chi connectivity index (χ1n) is 6.72. The molecule has 2 aliphatic heterocycles. The molecule has 0 bridgehead atoms. The molecule has 0 aromatic carbocycles. The molecular formula is C11H20N2O4S2. The van der Waals surface area contributed by atoms with Gasteiger partial charge in [0, 0.05) is 25.0 Å². The molecule has 2 saturated heterocycles. The van der Waals surface area contributed by atoms with Gasteiger partial charge in [0.2, 0.25) is 10.0 Å². The van der Waals surface area contributed by atoms with E-state index >= 15 is 0 Å². The average Bonchev–Trinajstić information content (AvgIpc) is 3.10. The maximum absolute atomic E-state index is 12.3. The molecule has 0 aromatic heterocycles. The van der Waals surface area contributed by atoms with Crippen molar-refractivity contribution in [2.45, 2.75) is 36.2 Å². The number of hydrogen-bond acceptors (Lipinski definition) is 5. The van der Waals surface area contributed by atoms with Crippen molar-refractivity contribution in [3.63, 3.8) is 0 Å². The van der Waals surface area contributed by atoms with Crippen LogP contribution in [0.25, 0.3) is 0 Å². The summed E-state index contributed by atoms with van der Waals surface area (Å²) in [4.78, 5) is 0. The van der Waals surface area contributed by atoms with Crippen LogP contribution in [0.15, 0.2) is 0 Å². The number of sulfonamides is 1. The van der Waals surface area contributed by atoms with Crippen molar-refractivity contribution in [2.75, 3.05) is 25.4 Å². The molecule has 0 radical (unpaired) electrons. The first-order valence-corrected chi connectivity index (χ1v) is 9.94. The molecular weight excluding hydrogens is 288 g/mol. The summed E-state index contributed by atoms with van der Waals surface area (Å²) in [6, 6.07) is 0. The largest absolute Gasteiger partial charge is 0.330 e. The second-order valence-corrected chi connectivity index (χ2v) is 10.6. The SMILES string of the molecule is NCC12CCCS(=O)(=O)C1CN(S(=O)(=O)C1CC1)C2. The summed E-state index contributed by atoms with van der Waals surface area (Å²) >= 11 is 0. The monoisotopic (exact) mass is 308 g/mol. The lowest BCUT2D eigenvalue weighted by atomic mass is 9.82. The van der Waals surface area contributed by atoms with Crippen LogP contribution in [-0.4, -0.2) is 57.0 Å². The minimum Gasteiger partial charge on any atom is -0.330 e. The van der Waals surface area contributed by atoms with E-state index in [1.165, 1.54) is 4.31 Å². The molecule has 6 nitrogen and oxygen atoms in total. The Morgan fingerprint density at radius 2 is 2.00 bits per heavy atom. The molecule has 3 rings (SSSR count). The number of rotatable bonds is 3. The van der Waals surface area contributed by atoms with Crippen LogP contribution in [0.4, 0.5) is 0 Å². The van der Waals surface area contributed by atoms with Crippen molar-refractivity contribution >= 4 is 19.9 Å². The van der Waals surface area contributed by atoms with E-state index in [4.69, 9.17) is 5.73 Å². The minimum atomic E-state index is -3.31. The Hall–Kier alpha value is -0.180. The molecule has 1 aliphatic carbocycles. The van der Waals surface area contributed by atoms with Crippen molar-refractivity contribution < 1.29 is 16.8 Å². The fourth-order valence-electron chi connectivity index (χ4n) is 3.47. The molecule has 1 saturated carbocycles. The molecule has 0 spiro atoms. The van der Waals surface area contributed by atoms with Crippen LogP contribution < -0.4 is 5.73 Å². The molecule has 8 heteroatoms. The lowest BCUT2D eigenvalue weighted by Crippen LogP contribution is -2.49. The summed E-state index contributed by atoms with van der Waals surface area (Å²) in [7, 11) is -6.52. The highest BCUT2D eigenvalue weighted by atomic mass is 32.2. The van der Waals surface area contributed by atoms with E-state index in [1.54, 1.807) is 0 Å². The molecule has 110 valence electrons. The lowest BCUT2D eigenvalue weighted by molar-refractivity contribution is 0.277. The molecule has 2 unspecified atom stereocenters. The highest BCUT2D eigenvalue weighted by molar-refractivity contribution is 7.92. The minimum absolute atomic E-state index is 0.109. The highest BCUT2D eigenvalue weighted by Gasteiger charge is 2.57. The topological polar surface area (TPSA) is 97.5 Å². The Bertz CT molecular complexity index is 582. The summed E-state index contributed by atoms with van der Waals surface area (Å²) in [6.07, 6.45) is 2.70. The first-order chi connectivity index (χ1) is 8.82. The van der Waals surface area contributed by atoms with Gasteiger partial charge in [-0.2, -0.15) is 4.31 Å². The number of nitrogens with two attached hydrogens (primary N) is 1. The Balaban J connectivity index is 1.95. The van der Waals surface area contributed by atoms with Crippen LogP contribution in [0.1, 0.15) is 25.7 Å². The van der Waals surface area contributed by atoms with Gasteiger partial charge in [-0.1, -0.05) is 0 Å². The molecule has 0 amide bonds. The second kappa shape index (κ2) is 4.16. The second-order valence-electron chi connectivity index (χ2n) is 6.06. The van der Waals surface area contributed by atoms with Crippen LogP contribution in [0.2, 0.25) is 0 Å². The van der Waals surface area contributed by atoms with Gasteiger partial charge < -0.3 is 5.73 Å². The fourth-order valence-corrected chi connectivity index (χ4v) is 7.80. The van der Waals surface area contributed by atoms with Gasteiger partial charge >= 0.3 is 0 Å². The summed E-state index contributed by atoms with van der Waals surface area (Å²) in [5.41, 5.74) is 5.26. The van der Waals surface area contributed by atoms with Gasteiger partial charge in [-0.15, -0.1) is 0 Å². The maximum Gasteiger partial charge on any atom is 0.217 e. The summed E-state index contributed by atoms with van der Waals surface area (Å²) in [5.74, 6) is 0.163. The summed E-state index contributed by atoms with van der Waals surface area (Å²) in [6.45, 7) is 0.637. The van der Waals surface area contributed by atoms with E-state index in [0.29, 0.717) is 25.7 Å². The number of hydrogen-bond donors (Lipinski definition) is 1. The third-order valence-electron chi connectivity index (χ3n) is 4.79. The van der Waals surface area contributed by atoms with Crippen molar-refractivity contribution in [1.82, 2.24) is 4.31 Å². The Morgan fingerprint density at radius 3 is 2.53 bits per heavy atom. The maximum atomic E-state index is 12.3. The number of nitrogens with zero attached hydrogens (tertiary/aromatic N) is 1. The molecule has 3 aliphatic rings.